The number of halogens is 1. The van der Waals surface area contributed by atoms with E-state index in [0.29, 0.717) is 12.1 Å². The Bertz CT molecular complexity index is 1320. The van der Waals surface area contributed by atoms with Gasteiger partial charge < -0.3 is 15.1 Å². The van der Waals surface area contributed by atoms with Gasteiger partial charge in [-0.15, -0.1) is 0 Å². The van der Waals surface area contributed by atoms with E-state index in [-0.39, 0.29) is 11.9 Å². The molecule has 8 nitrogen and oxygen atoms in total. The molecule has 2 aromatic carbocycles. The maximum Gasteiger partial charge on any atom is 0.251 e. The molecule has 2 aromatic heterocycles. The molecule has 5 rings (SSSR count). The predicted molar refractivity (Wildman–Crippen MR) is 137 cm³/mol. The lowest BCUT2D eigenvalue weighted by atomic mass is 10.0. The van der Waals surface area contributed by atoms with Gasteiger partial charge in [0.15, 0.2) is 5.65 Å². The zero-order valence-electron chi connectivity index (χ0n) is 19.1. The summed E-state index contributed by atoms with van der Waals surface area (Å²) in [5.41, 5.74) is 4.72. The van der Waals surface area contributed by atoms with Crippen LogP contribution in [0.1, 0.15) is 28.4 Å². The van der Waals surface area contributed by atoms with Crippen molar-refractivity contribution in [2.24, 2.45) is 0 Å². The number of hydrogen-bond acceptors (Lipinski definition) is 6. The number of rotatable bonds is 5. The number of aryl methyl sites for hydroxylation is 1. The summed E-state index contributed by atoms with van der Waals surface area (Å²) in [5.74, 6) is 0.812. The van der Waals surface area contributed by atoms with Crippen molar-refractivity contribution in [2.75, 3.05) is 29.4 Å². The third-order valence-electron chi connectivity index (χ3n) is 6.30. The zero-order chi connectivity index (χ0) is 23.7. The number of aromatic nitrogens is 4. The second-order valence-electron chi connectivity index (χ2n) is 8.59. The number of H-pyrrole nitrogens is 1. The second kappa shape index (κ2) is 9.42. The third kappa shape index (κ3) is 4.35. The predicted octanol–water partition coefficient (Wildman–Crippen LogP) is 4.07. The van der Waals surface area contributed by atoms with E-state index in [1.807, 2.05) is 48.5 Å². The lowest BCUT2D eigenvalue weighted by Crippen LogP contribution is -2.52. The summed E-state index contributed by atoms with van der Waals surface area (Å²) in [7, 11) is 0. The van der Waals surface area contributed by atoms with Crippen LogP contribution < -0.4 is 15.1 Å². The van der Waals surface area contributed by atoms with Gasteiger partial charge >= 0.3 is 0 Å². The van der Waals surface area contributed by atoms with E-state index >= 15 is 0 Å². The van der Waals surface area contributed by atoms with Crippen molar-refractivity contribution in [3.05, 3.63) is 76.2 Å². The van der Waals surface area contributed by atoms with E-state index in [9.17, 15) is 4.79 Å². The summed E-state index contributed by atoms with van der Waals surface area (Å²) in [5, 5.41) is 11.1. The fraction of sp³-hybridized carbons (Fsp3) is 0.280. The number of aromatic amines is 1. The van der Waals surface area contributed by atoms with Crippen LogP contribution in [0, 0.1) is 6.92 Å². The van der Waals surface area contributed by atoms with Crippen LogP contribution in [0.3, 0.4) is 0 Å². The van der Waals surface area contributed by atoms with Crippen LogP contribution in [0.25, 0.3) is 11.0 Å². The number of benzene rings is 2. The molecule has 1 saturated heterocycles. The Morgan fingerprint density at radius 2 is 2.00 bits per heavy atom. The van der Waals surface area contributed by atoms with Crippen molar-refractivity contribution < 1.29 is 4.79 Å². The van der Waals surface area contributed by atoms with Gasteiger partial charge in [0.25, 0.3) is 5.91 Å². The minimum atomic E-state index is -0.0652. The first-order valence-electron chi connectivity index (χ1n) is 11.3. The van der Waals surface area contributed by atoms with Gasteiger partial charge in [-0.2, -0.15) is 5.10 Å². The van der Waals surface area contributed by atoms with Crippen molar-refractivity contribution in [3.63, 3.8) is 0 Å². The van der Waals surface area contributed by atoms with E-state index in [0.717, 1.165) is 57.9 Å². The molecule has 3 heterocycles. The SMILES string of the molecule is Cc1ccc(C(=O)NCc2ccccc2)cc1N1CCN(c2ncnc3[nH]nc(Br)c23)C[C@@H]1C. The average molecular weight is 520 g/mol. The summed E-state index contributed by atoms with van der Waals surface area (Å²) in [4.78, 5) is 26.3. The van der Waals surface area contributed by atoms with Gasteiger partial charge in [-0.3, -0.25) is 9.89 Å². The summed E-state index contributed by atoms with van der Waals surface area (Å²) < 4.78 is 0.721. The van der Waals surface area contributed by atoms with Crippen molar-refractivity contribution in [1.82, 2.24) is 25.5 Å². The molecule has 2 N–H and O–H groups in total. The van der Waals surface area contributed by atoms with Gasteiger partial charge in [0, 0.05) is 43.5 Å². The normalized spacial score (nSPS) is 16.1. The fourth-order valence-corrected chi connectivity index (χ4v) is 4.95. The Morgan fingerprint density at radius 1 is 1.18 bits per heavy atom. The standard InChI is InChI=1S/C25H26BrN7O/c1-16-8-9-19(25(34)27-13-18-6-4-3-5-7-18)12-20(16)33-11-10-32(14-17(33)2)24-21-22(26)30-31-23(21)28-15-29-24/h3-9,12,15,17H,10-11,13-14H2,1-2H3,(H,27,34)(H,28,29,30,31)/t17-/m0/s1. The van der Waals surface area contributed by atoms with Crippen LogP contribution in [0.2, 0.25) is 0 Å². The number of hydrogen-bond donors (Lipinski definition) is 2. The summed E-state index contributed by atoms with van der Waals surface area (Å²) >= 11 is 3.51. The van der Waals surface area contributed by atoms with Crippen LogP contribution in [-0.4, -0.2) is 51.7 Å². The van der Waals surface area contributed by atoms with Gasteiger partial charge in [-0.05, 0) is 53.0 Å². The Morgan fingerprint density at radius 3 is 2.79 bits per heavy atom. The molecule has 1 aliphatic heterocycles. The summed E-state index contributed by atoms with van der Waals surface area (Å²) in [6, 6.07) is 16.1. The molecular weight excluding hydrogens is 494 g/mol. The number of carbonyl (C=O) groups excluding carboxylic acids is 1. The molecule has 9 heteroatoms. The van der Waals surface area contributed by atoms with Crippen LogP contribution >= 0.6 is 15.9 Å². The number of amides is 1. The maximum atomic E-state index is 12.8. The Balaban J connectivity index is 1.32. The lowest BCUT2D eigenvalue weighted by Gasteiger charge is -2.42. The van der Waals surface area contributed by atoms with Gasteiger partial charge in [0.2, 0.25) is 0 Å². The molecule has 1 atom stereocenters. The maximum absolute atomic E-state index is 12.8. The first-order chi connectivity index (χ1) is 16.5. The summed E-state index contributed by atoms with van der Waals surface area (Å²) in [6.45, 7) is 7.23. The molecule has 0 radical (unpaired) electrons. The molecule has 1 fully saturated rings. The van der Waals surface area contributed by atoms with E-state index in [1.54, 1.807) is 6.33 Å². The molecule has 1 aliphatic rings. The number of fused-ring (bicyclic) bond motifs is 1. The number of anilines is 2. The Hall–Kier alpha value is -3.46. The molecule has 0 spiro atoms. The van der Waals surface area contributed by atoms with Crippen LogP contribution in [-0.2, 0) is 6.54 Å². The molecule has 1 amide bonds. The molecule has 34 heavy (non-hydrogen) atoms. The van der Waals surface area contributed by atoms with Crippen LogP contribution in [0.4, 0.5) is 11.5 Å². The summed E-state index contributed by atoms with van der Waals surface area (Å²) in [6.07, 6.45) is 1.57. The molecule has 0 aliphatic carbocycles. The first kappa shape index (κ1) is 22.3. The van der Waals surface area contributed by atoms with Gasteiger partial charge in [0.1, 0.15) is 16.7 Å². The fourth-order valence-electron chi connectivity index (χ4n) is 4.50. The quantitative estimate of drug-likeness (QED) is 0.413. The monoisotopic (exact) mass is 519 g/mol. The number of nitrogens with zero attached hydrogens (tertiary/aromatic N) is 5. The highest BCUT2D eigenvalue weighted by molar-refractivity contribution is 9.10. The van der Waals surface area contributed by atoms with Crippen molar-refractivity contribution >= 4 is 44.4 Å². The molecule has 174 valence electrons. The molecule has 4 aromatic rings. The average Bonchev–Trinajstić information content (AvgIpc) is 3.24. The minimum Gasteiger partial charge on any atom is -0.365 e. The highest BCUT2D eigenvalue weighted by Crippen LogP contribution is 2.32. The zero-order valence-corrected chi connectivity index (χ0v) is 20.7. The molecule has 0 bridgehead atoms. The molecule has 0 saturated carbocycles. The number of carbonyl (C=O) groups is 1. The van der Waals surface area contributed by atoms with Gasteiger partial charge in [-0.1, -0.05) is 36.4 Å². The molecule has 0 unspecified atom stereocenters. The van der Waals surface area contributed by atoms with Gasteiger partial charge in [-0.25, -0.2) is 9.97 Å². The van der Waals surface area contributed by atoms with Crippen molar-refractivity contribution in [3.8, 4) is 0 Å². The third-order valence-corrected chi connectivity index (χ3v) is 6.87. The van der Waals surface area contributed by atoms with Crippen LogP contribution in [0.5, 0.6) is 0 Å². The Labute approximate surface area is 206 Å². The largest absolute Gasteiger partial charge is 0.365 e. The van der Waals surface area contributed by atoms with E-state index in [1.165, 1.54) is 0 Å². The van der Waals surface area contributed by atoms with Crippen molar-refractivity contribution in [2.45, 2.75) is 26.4 Å². The number of piperazine rings is 1. The van der Waals surface area contributed by atoms with E-state index in [4.69, 9.17) is 0 Å². The first-order valence-corrected chi connectivity index (χ1v) is 12.1. The number of nitrogens with one attached hydrogen (secondary N) is 2. The molecular formula is C25H26BrN7O. The lowest BCUT2D eigenvalue weighted by molar-refractivity contribution is 0.0951. The minimum absolute atomic E-state index is 0.0652. The van der Waals surface area contributed by atoms with Crippen molar-refractivity contribution in [1.29, 1.82) is 0 Å². The Kier molecular flexibility index (Phi) is 6.19. The highest BCUT2D eigenvalue weighted by atomic mass is 79.9. The second-order valence-corrected chi connectivity index (χ2v) is 9.34. The van der Waals surface area contributed by atoms with E-state index in [2.05, 4.69) is 65.1 Å². The van der Waals surface area contributed by atoms with Crippen LogP contribution in [0.15, 0.2) is 59.5 Å². The highest BCUT2D eigenvalue weighted by Gasteiger charge is 2.28. The topological polar surface area (TPSA) is 90.0 Å². The van der Waals surface area contributed by atoms with Gasteiger partial charge in [0.05, 0.1) is 5.39 Å². The van der Waals surface area contributed by atoms with E-state index < -0.39 is 0 Å². The smallest absolute Gasteiger partial charge is 0.251 e.